The molecule has 1 N–H and O–H groups in total. The van der Waals surface area contributed by atoms with Crippen molar-refractivity contribution in [3.8, 4) is 0 Å². The van der Waals surface area contributed by atoms with Crippen molar-refractivity contribution in [2.24, 2.45) is 0 Å². The molecular weight excluding hydrogens is 298 g/mol. The first kappa shape index (κ1) is 13.7. The van der Waals surface area contributed by atoms with Crippen LogP contribution in [0.25, 0.3) is 0 Å². The van der Waals surface area contributed by atoms with E-state index in [1.807, 2.05) is 11.8 Å². The zero-order valence-electron chi connectivity index (χ0n) is 12.3. The molecule has 0 aromatic heterocycles. The molecule has 2 atom stereocenters. The van der Waals surface area contributed by atoms with Crippen LogP contribution in [0.3, 0.4) is 0 Å². The van der Waals surface area contributed by atoms with Gasteiger partial charge >= 0.3 is 0 Å². The Balaban J connectivity index is 1.67. The molecule has 2 fully saturated rings. The molecule has 0 bridgehead atoms. The highest BCUT2D eigenvalue weighted by Crippen LogP contribution is 2.44. The highest BCUT2D eigenvalue weighted by molar-refractivity contribution is 8.23. The topological polar surface area (TPSA) is 18.5 Å². The van der Waals surface area contributed by atoms with E-state index < -0.39 is 0 Å². The third kappa shape index (κ3) is 2.21. The van der Waals surface area contributed by atoms with E-state index in [1.165, 1.54) is 43.5 Å². The Kier molecular flexibility index (Phi) is 3.50. The van der Waals surface area contributed by atoms with Crippen LogP contribution in [0, 0.1) is 0 Å². The SMILES string of the molecule is CN1c2ccccc2NC2SC(=S)N(C3CCCCC3)C21. The summed E-state index contributed by atoms with van der Waals surface area (Å²) in [5.41, 5.74) is 2.51. The molecule has 3 aliphatic rings. The van der Waals surface area contributed by atoms with Gasteiger partial charge in [-0.15, -0.1) is 0 Å². The Morgan fingerprint density at radius 1 is 1.19 bits per heavy atom. The first-order chi connectivity index (χ1) is 10.3. The molecule has 1 saturated heterocycles. The first-order valence-corrected chi connectivity index (χ1v) is 9.12. The Morgan fingerprint density at radius 2 is 1.95 bits per heavy atom. The molecule has 1 aliphatic carbocycles. The van der Waals surface area contributed by atoms with Gasteiger partial charge in [0.25, 0.3) is 0 Å². The van der Waals surface area contributed by atoms with E-state index >= 15 is 0 Å². The largest absolute Gasteiger partial charge is 0.368 e. The molecule has 112 valence electrons. The molecule has 5 heteroatoms. The van der Waals surface area contributed by atoms with E-state index in [1.54, 1.807) is 0 Å². The quantitative estimate of drug-likeness (QED) is 0.790. The zero-order valence-corrected chi connectivity index (χ0v) is 13.9. The van der Waals surface area contributed by atoms with Gasteiger partial charge in [-0.1, -0.05) is 55.4 Å². The van der Waals surface area contributed by atoms with E-state index in [-0.39, 0.29) is 0 Å². The minimum Gasteiger partial charge on any atom is -0.368 e. The number of anilines is 2. The number of likely N-dealkylation sites (N-methyl/N-ethyl adjacent to an activating group) is 1. The Labute approximate surface area is 136 Å². The van der Waals surface area contributed by atoms with Crippen molar-refractivity contribution >= 4 is 39.7 Å². The highest BCUT2D eigenvalue weighted by Gasteiger charge is 2.46. The number of benzene rings is 1. The number of hydrogen-bond donors (Lipinski definition) is 1. The third-order valence-corrected chi connectivity index (χ3v) is 6.47. The summed E-state index contributed by atoms with van der Waals surface area (Å²) < 4.78 is 1.07. The Morgan fingerprint density at radius 3 is 2.76 bits per heavy atom. The summed E-state index contributed by atoms with van der Waals surface area (Å²) in [6, 6.07) is 9.20. The molecule has 2 unspecified atom stereocenters. The summed E-state index contributed by atoms with van der Waals surface area (Å²) in [5.74, 6) is 0. The number of para-hydroxylation sites is 2. The van der Waals surface area contributed by atoms with E-state index in [0.29, 0.717) is 17.6 Å². The zero-order chi connectivity index (χ0) is 14.4. The average Bonchev–Trinajstić information content (AvgIpc) is 2.85. The summed E-state index contributed by atoms with van der Waals surface area (Å²) in [5, 5.41) is 4.03. The average molecular weight is 319 g/mol. The molecule has 4 rings (SSSR count). The number of thiocarbonyl (C=S) groups is 1. The van der Waals surface area contributed by atoms with Crippen LogP contribution in [-0.4, -0.2) is 33.8 Å². The van der Waals surface area contributed by atoms with Crippen molar-refractivity contribution in [3.05, 3.63) is 24.3 Å². The van der Waals surface area contributed by atoms with Crippen molar-refractivity contribution in [1.82, 2.24) is 4.90 Å². The molecule has 0 amide bonds. The molecule has 1 aromatic carbocycles. The van der Waals surface area contributed by atoms with Crippen LogP contribution in [0.15, 0.2) is 24.3 Å². The van der Waals surface area contributed by atoms with Gasteiger partial charge in [0.15, 0.2) is 0 Å². The van der Waals surface area contributed by atoms with Gasteiger partial charge in [0.1, 0.15) is 15.9 Å². The van der Waals surface area contributed by atoms with Crippen LogP contribution >= 0.6 is 24.0 Å². The van der Waals surface area contributed by atoms with Crippen LogP contribution in [0.1, 0.15) is 32.1 Å². The fourth-order valence-corrected chi connectivity index (χ4v) is 5.69. The predicted molar refractivity (Wildman–Crippen MR) is 94.9 cm³/mol. The van der Waals surface area contributed by atoms with E-state index in [2.05, 4.69) is 46.4 Å². The number of nitrogens with one attached hydrogen (secondary N) is 1. The second-order valence-electron chi connectivity index (χ2n) is 6.19. The molecule has 2 aliphatic heterocycles. The Bertz CT molecular complexity index is 556. The van der Waals surface area contributed by atoms with E-state index in [4.69, 9.17) is 12.2 Å². The molecule has 21 heavy (non-hydrogen) atoms. The summed E-state index contributed by atoms with van der Waals surface area (Å²) in [6.07, 6.45) is 7.01. The summed E-state index contributed by atoms with van der Waals surface area (Å²) in [4.78, 5) is 4.93. The van der Waals surface area contributed by atoms with E-state index in [0.717, 1.165) is 4.32 Å². The maximum atomic E-state index is 5.72. The first-order valence-electron chi connectivity index (χ1n) is 7.83. The van der Waals surface area contributed by atoms with Crippen LogP contribution in [0.2, 0.25) is 0 Å². The highest BCUT2D eigenvalue weighted by atomic mass is 32.2. The van der Waals surface area contributed by atoms with Crippen molar-refractivity contribution in [1.29, 1.82) is 0 Å². The van der Waals surface area contributed by atoms with Gasteiger partial charge in [-0.3, -0.25) is 0 Å². The lowest BCUT2D eigenvalue weighted by atomic mass is 9.94. The number of thioether (sulfide) groups is 1. The fourth-order valence-electron chi connectivity index (χ4n) is 3.90. The number of rotatable bonds is 1. The van der Waals surface area contributed by atoms with Crippen molar-refractivity contribution in [2.45, 2.75) is 49.7 Å². The second kappa shape index (κ2) is 5.36. The van der Waals surface area contributed by atoms with Crippen LogP contribution < -0.4 is 10.2 Å². The van der Waals surface area contributed by atoms with Gasteiger partial charge in [-0.2, -0.15) is 0 Å². The maximum absolute atomic E-state index is 5.72. The third-order valence-electron chi connectivity index (χ3n) is 4.94. The van der Waals surface area contributed by atoms with Crippen molar-refractivity contribution in [3.63, 3.8) is 0 Å². The van der Waals surface area contributed by atoms with Crippen LogP contribution in [-0.2, 0) is 0 Å². The molecule has 1 saturated carbocycles. The van der Waals surface area contributed by atoms with Gasteiger partial charge in [-0.25, -0.2) is 0 Å². The van der Waals surface area contributed by atoms with E-state index in [9.17, 15) is 0 Å². The number of hydrogen-bond acceptors (Lipinski definition) is 4. The number of nitrogens with zero attached hydrogens (tertiary/aromatic N) is 2. The standard InChI is InChI=1S/C16H21N3S2/c1-18-13-10-6-5-9-12(13)17-14-15(18)19(16(20)21-14)11-7-3-2-4-8-11/h5-6,9-11,14-15,17H,2-4,7-8H2,1H3. The lowest BCUT2D eigenvalue weighted by molar-refractivity contribution is 0.200. The predicted octanol–water partition coefficient (Wildman–Crippen LogP) is 3.87. The van der Waals surface area contributed by atoms with Gasteiger partial charge in [0, 0.05) is 13.1 Å². The summed E-state index contributed by atoms with van der Waals surface area (Å²) >= 11 is 7.54. The van der Waals surface area contributed by atoms with Gasteiger partial charge in [-0.05, 0) is 25.0 Å². The molecular formula is C16H21N3S2. The minimum atomic E-state index is 0.347. The number of fused-ring (bicyclic) bond motifs is 2. The maximum Gasteiger partial charge on any atom is 0.140 e. The fraction of sp³-hybridized carbons (Fsp3) is 0.562. The summed E-state index contributed by atoms with van der Waals surface area (Å²) in [7, 11) is 2.21. The van der Waals surface area contributed by atoms with Crippen molar-refractivity contribution in [2.75, 3.05) is 17.3 Å². The summed E-state index contributed by atoms with van der Waals surface area (Å²) in [6.45, 7) is 0. The molecule has 0 radical (unpaired) electrons. The lowest BCUT2D eigenvalue weighted by Crippen LogP contribution is -2.56. The lowest BCUT2D eigenvalue weighted by Gasteiger charge is -2.45. The van der Waals surface area contributed by atoms with Gasteiger partial charge < -0.3 is 15.1 Å². The van der Waals surface area contributed by atoms with Gasteiger partial charge in [0.2, 0.25) is 0 Å². The molecule has 3 nitrogen and oxygen atoms in total. The second-order valence-corrected chi connectivity index (χ2v) is 7.96. The normalized spacial score (nSPS) is 29.1. The molecule has 2 heterocycles. The Hall–Kier alpha value is -0.940. The van der Waals surface area contributed by atoms with Crippen LogP contribution in [0.4, 0.5) is 11.4 Å². The molecule has 0 spiro atoms. The monoisotopic (exact) mass is 319 g/mol. The van der Waals surface area contributed by atoms with Crippen LogP contribution in [0.5, 0.6) is 0 Å². The smallest absolute Gasteiger partial charge is 0.140 e. The van der Waals surface area contributed by atoms with Gasteiger partial charge in [0.05, 0.1) is 11.4 Å². The molecule has 1 aromatic rings. The van der Waals surface area contributed by atoms with Crippen molar-refractivity contribution < 1.29 is 0 Å². The minimum absolute atomic E-state index is 0.347.